The molecule has 0 radical (unpaired) electrons. The Labute approximate surface area is 199 Å². The monoisotopic (exact) mass is 463 g/mol. The Hall–Kier alpha value is -2.93. The summed E-state index contributed by atoms with van der Waals surface area (Å²) >= 11 is 1.82. The fourth-order valence-electron chi connectivity index (χ4n) is 3.99. The van der Waals surface area contributed by atoms with Gasteiger partial charge in [0.1, 0.15) is 5.75 Å². The fourth-order valence-corrected chi connectivity index (χ4v) is 5.03. The van der Waals surface area contributed by atoms with Crippen LogP contribution in [0.5, 0.6) is 5.75 Å². The molecule has 0 spiro atoms. The van der Waals surface area contributed by atoms with E-state index in [9.17, 15) is 0 Å². The molecule has 33 heavy (non-hydrogen) atoms. The van der Waals surface area contributed by atoms with E-state index in [1.165, 1.54) is 22.7 Å². The fraction of sp³-hybridized carbons (Fsp3) is 0.423. The number of unbranched alkanes of at least 4 members (excludes halogenated alkanes) is 1. The molecule has 0 bridgehead atoms. The van der Waals surface area contributed by atoms with Gasteiger partial charge >= 0.3 is 0 Å². The van der Waals surface area contributed by atoms with Crippen LogP contribution in [-0.2, 0) is 5.41 Å². The highest BCUT2D eigenvalue weighted by Crippen LogP contribution is 2.30. The highest BCUT2D eigenvalue weighted by atomic mass is 32.1. The Bertz CT molecular complexity index is 1280. The van der Waals surface area contributed by atoms with Gasteiger partial charge in [0.25, 0.3) is 0 Å². The summed E-state index contributed by atoms with van der Waals surface area (Å²) in [5.41, 5.74) is 2.53. The standard InChI is InChI=1S/C26H33N5OS/c1-7-9-16-30(8-2)22-15-14-18(33-22)17-20-23(26(3,4)5)29-31-24(27-28-25(20)31)19-12-10-11-13-21(19)32-6/h10-15,17H,7-9,16H2,1-6H3/b20-17-. The summed E-state index contributed by atoms with van der Waals surface area (Å²) in [5, 5.41) is 16.4. The second kappa shape index (κ2) is 9.51. The van der Waals surface area contributed by atoms with Crippen molar-refractivity contribution in [2.24, 2.45) is 0 Å². The van der Waals surface area contributed by atoms with Crippen LogP contribution in [0, 0.1) is 0 Å². The zero-order chi connectivity index (χ0) is 23.6. The molecule has 0 aliphatic heterocycles. The molecule has 0 saturated carbocycles. The van der Waals surface area contributed by atoms with E-state index in [1.54, 1.807) is 7.11 Å². The normalized spacial score (nSPS) is 12.6. The zero-order valence-electron chi connectivity index (χ0n) is 20.4. The molecule has 0 amide bonds. The van der Waals surface area contributed by atoms with E-state index in [2.05, 4.69) is 67.9 Å². The minimum absolute atomic E-state index is 0.138. The van der Waals surface area contributed by atoms with E-state index >= 15 is 0 Å². The second-order valence-corrected chi connectivity index (χ2v) is 10.3. The maximum atomic E-state index is 5.56. The first-order valence-corrected chi connectivity index (χ1v) is 12.4. The Morgan fingerprint density at radius 1 is 1.09 bits per heavy atom. The Morgan fingerprint density at radius 2 is 1.88 bits per heavy atom. The first-order valence-electron chi connectivity index (χ1n) is 11.6. The predicted molar refractivity (Wildman–Crippen MR) is 137 cm³/mol. The number of fused-ring (bicyclic) bond motifs is 1. The van der Waals surface area contributed by atoms with Crippen LogP contribution >= 0.6 is 11.3 Å². The van der Waals surface area contributed by atoms with Gasteiger partial charge in [-0.15, -0.1) is 21.5 Å². The largest absolute Gasteiger partial charge is 0.496 e. The third-order valence-electron chi connectivity index (χ3n) is 5.77. The molecule has 0 atom stereocenters. The van der Waals surface area contributed by atoms with E-state index in [1.807, 2.05) is 40.1 Å². The van der Waals surface area contributed by atoms with E-state index in [4.69, 9.17) is 9.84 Å². The van der Waals surface area contributed by atoms with Crippen LogP contribution in [0.3, 0.4) is 0 Å². The maximum absolute atomic E-state index is 5.56. The van der Waals surface area contributed by atoms with Gasteiger partial charge in [-0.05, 0) is 43.7 Å². The van der Waals surface area contributed by atoms with Crippen molar-refractivity contribution in [3.05, 3.63) is 52.2 Å². The van der Waals surface area contributed by atoms with Gasteiger partial charge in [0.2, 0.25) is 0 Å². The predicted octanol–water partition coefficient (Wildman–Crippen LogP) is 5.33. The molecule has 174 valence electrons. The summed E-state index contributed by atoms with van der Waals surface area (Å²) < 4.78 is 7.42. The van der Waals surface area contributed by atoms with E-state index in [-0.39, 0.29) is 5.41 Å². The zero-order valence-corrected chi connectivity index (χ0v) is 21.2. The summed E-state index contributed by atoms with van der Waals surface area (Å²) in [6.07, 6.45) is 4.62. The number of thiophene rings is 1. The lowest BCUT2D eigenvalue weighted by Gasteiger charge is -2.20. The minimum Gasteiger partial charge on any atom is -0.496 e. The number of hydrogen-bond donors (Lipinski definition) is 0. The molecular formula is C26H33N5OS. The number of ether oxygens (including phenoxy) is 1. The topological polar surface area (TPSA) is 55.6 Å². The van der Waals surface area contributed by atoms with Crippen LogP contribution in [0.25, 0.3) is 23.1 Å². The van der Waals surface area contributed by atoms with Crippen molar-refractivity contribution in [3.63, 3.8) is 0 Å². The van der Waals surface area contributed by atoms with Gasteiger partial charge in [0.05, 0.1) is 23.4 Å². The van der Waals surface area contributed by atoms with E-state index in [0.717, 1.165) is 41.0 Å². The highest BCUT2D eigenvalue weighted by molar-refractivity contribution is 7.16. The molecule has 3 aromatic heterocycles. The van der Waals surface area contributed by atoms with Crippen molar-refractivity contribution in [1.82, 2.24) is 19.8 Å². The summed E-state index contributed by atoms with van der Waals surface area (Å²) in [5.74, 6) is 1.45. The Morgan fingerprint density at radius 3 is 2.58 bits per heavy atom. The van der Waals surface area contributed by atoms with Crippen molar-refractivity contribution >= 4 is 28.1 Å². The smallest absolute Gasteiger partial charge is 0.189 e. The van der Waals surface area contributed by atoms with Crippen LogP contribution in [0.4, 0.5) is 5.00 Å². The number of benzene rings is 1. The van der Waals surface area contributed by atoms with Crippen LogP contribution in [0.2, 0.25) is 0 Å². The van der Waals surface area contributed by atoms with E-state index in [0.29, 0.717) is 5.82 Å². The number of para-hydroxylation sites is 1. The lowest BCUT2D eigenvalue weighted by molar-refractivity contribution is 0.416. The van der Waals surface area contributed by atoms with Crippen molar-refractivity contribution in [2.45, 2.75) is 52.9 Å². The van der Waals surface area contributed by atoms with Gasteiger partial charge < -0.3 is 9.64 Å². The minimum atomic E-state index is -0.138. The Balaban J connectivity index is 1.84. The lowest BCUT2D eigenvalue weighted by atomic mass is 9.91. The molecule has 0 aliphatic carbocycles. The summed E-state index contributed by atoms with van der Waals surface area (Å²) in [4.78, 5) is 3.65. The van der Waals surface area contributed by atoms with Gasteiger partial charge in [-0.25, -0.2) is 0 Å². The number of anilines is 1. The molecule has 3 heterocycles. The summed E-state index contributed by atoms with van der Waals surface area (Å²) in [6.45, 7) is 13.1. The van der Waals surface area contributed by atoms with Crippen LogP contribution < -0.4 is 14.9 Å². The number of methoxy groups -OCH3 is 1. The molecule has 4 aromatic rings. The first kappa shape index (κ1) is 23.2. The van der Waals surface area contributed by atoms with Crippen molar-refractivity contribution in [2.75, 3.05) is 25.1 Å². The molecule has 1 aromatic carbocycles. The quantitative estimate of drug-likeness (QED) is 0.353. The second-order valence-electron chi connectivity index (χ2n) is 9.23. The summed E-state index contributed by atoms with van der Waals surface area (Å²) in [7, 11) is 1.67. The van der Waals surface area contributed by atoms with Gasteiger partial charge in [-0.1, -0.05) is 46.2 Å². The van der Waals surface area contributed by atoms with Gasteiger partial charge in [-0.2, -0.15) is 9.61 Å². The number of nitrogens with zero attached hydrogens (tertiary/aromatic N) is 5. The molecule has 4 rings (SSSR count). The van der Waals surface area contributed by atoms with Gasteiger partial charge in [-0.3, -0.25) is 0 Å². The van der Waals surface area contributed by atoms with Crippen LogP contribution in [0.15, 0.2) is 36.4 Å². The van der Waals surface area contributed by atoms with Crippen LogP contribution in [0.1, 0.15) is 58.0 Å². The SMILES string of the molecule is CCCCN(CC)c1ccc(/C=c2/c(C(C)(C)C)nn3c(-c4ccccc4OC)nnc23)s1. The number of aromatic nitrogens is 4. The van der Waals surface area contributed by atoms with Gasteiger partial charge in [0, 0.05) is 28.6 Å². The molecule has 0 N–H and O–H groups in total. The number of hydrogen-bond acceptors (Lipinski definition) is 6. The first-order chi connectivity index (χ1) is 15.9. The van der Waals surface area contributed by atoms with Crippen LogP contribution in [-0.4, -0.2) is 40.0 Å². The van der Waals surface area contributed by atoms with Crippen molar-refractivity contribution in [3.8, 4) is 17.1 Å². The Kier molecular flexibility index (Phi) is 6.70. The van der Waals surface area contributed by atoms with Crippen molar-refractivity contribution in [1.29, 1.82) is 0 Å². The highest BCUT2D eigenvalue weighted by Gasteiger charge is 2.25. The molecule has 0 saturated heterocycles. The lowest BCUT2D eigenvalue weighted by Crippen LogP contribution is -2.22. The average Bonchev–Trinajstić information content (AvgIpc) is 3.51. The van der Waals surface area contributed by atoms with Crippen molar-refractivity contribution < 1.29 is 4.74 Å². The third kappa shape index (κ3) is 4.60. The van der Waals surface area contributed by atoms with Gasteiger partial charge in [0.15, 0.2) is 11.5 Å². The summed E-state index contributed by atoms with van der Waals surface area (Å²) in [6, 6.07) is 12.3. The maximum Gasteiger partial charge on any atom is 0.189 e. The third-order valence-corrected chi connectivity index (χ3v) is 6.86. The molecule has 0 unspecified atom stereocenters. The molecule has 7 heteroatoms. The molecule has 0 aliphatic rings. The molecule has 6 nitrogen and oxygen atoms in total. The number of rotatable bonds is 8. The average molecular weight is 464 g/mol. The molecular weight excluding hydrogens is 430 g/mol. The van der Waals surface area contributed by atoms with E-state index < -0.39 is 0 Å². The molecule has 0 fully saturated rings.